The van der Waals surface area contributed by atoms with Gasteiger partial charge in [-0.3, -0.25) is 4.98 Å². The lowest BCUT2D eigenvalue weighted by atomic mass is 10.2. The molecule has 0 atom stereocenters. The van der Waals surface area contributed by atoms with Crippen molar-refractivity contribution in [1.82, 2.24) is 15.0 Å². The fourth-order valence-corrected chi connectivity index (χ4v) is 1.89. The van der Waals surface area contributed by atoms with Gasteiger partial charge in [0.25, 0.3) is 0 Å². The quantitative estimate of drug-likeness (QED) is 0.748. The number of nitrogens with one attached hydrogen (secondary N) is 1. The maximum absolute atomic E-state index is 8.76. The lowest BCUT2D eigenvalue weighted by molar-refractivity contribution is 0.201. The second-order valence-electron chi connectivity index (χ2n) is 4.08. The Hall–Kier alpha value is -2.40. The number of ether oxygens (including phenoxy) is 1. The molecule has 0 aliphatic heterocycles. The number of aromatic amines is 1. The van der Waals surface area contributed by atoms with Gasteiger partial charge in [0.2, 0.25) is 0 Å². The molecule has 0 unspecified atom stereocenters. The lowest BCUT2D eigenvalue weighted by Gasteiger charge is -2.05. The van der Waals surface area contributed by atoms with Gasteiger partial charge in [0, 0.05) is 11.8 Å². The molecule has 1 aromatic carbocycles. The summed E-state index contributed by atoms with van der Waals surface area (Å²) in [6.45, 7) is 0.286. The van der Waals surface area contributed by atoms with Gasteiger partial charge in [0.05, 0.1) is 18.3 Å². The number of imidazole rings is 1. The van der Waals surface area contributed by atoms with E-state index in [1.54, 1.807) is 12.4 Å². The molecule has 96 valence electrons. The summed E-state index contributed by atoms with van der Waals surface area (Å²) in [4.78, 5) is 11.8. The number of rotatable bonds is 4. The smallest absolute Gasteiger partial charge is 0.138 e. The first-order valence-corrected chi connectivity index (χ1v) is 6.00. The molecule has 3 rings (SSSR count). The average Bonchev–Trinajstić information content (AvgIpc) is 2.89. The van der Waals surface area contributed by atoms with Gasteiger partial charge in [-0.15, -0.1) is 0 Å². The summed E-state index contributed by atoms with van der Waals surface area (Å²) in [5.41, 5.74) is 2.72. The summed E-state index contributed by atoms with van der Waals surface area (Å²) in [6.07, 6.45) is 3.45. The normalized spacial score (nSPS) is 10.8. The van der Waals surface area contributed by atoms with Crippen molar-refractivity contribution in [2.75, 3.05) is 13.2 Å². The molecule has 0 bridgehead atoms. The highest BCUT2D eigenvalue weighted by Gasteiger charge is 2.06. The van der Waals surface area contributed by atoms with Gasteiger partial charge in [-0.25, -0.2) is 4.98 Å². The Bertz CT molecular complexity index is 661. The number of H-pyrrole nitrogens is 1. The molecule has 2 N–H and O–H groups in total. The zero-order valence-electron chi connectivity index (χ0n) is 10.2. The predicted molar refractivity (Wildman–Crippen MR) is 71.9 cm³/mol. The minimum Gasteiger partial charge on any atom is -0.491 e. The van der Waals surface area contributed by atoms with Crippen molar-refractivity contribution in [3.05, 3.63) is 42.7 Å². The number of aliphatic hydroxyl groups is 1. The van der Waals surface area contributed by atoms with Crippen LogP contribution >= 0.6 is 0 Å². The second-order valence-corrected chi connectivity index (χ2v) is 4.08. The molecule has 0 spiro atoms. The van der Waals surface area contributed by atoms with E-state index in [0.29, 0.717) is 5.75 Å². The SMILES string of the molecule is OCCOc1cccc(-c2nc3cnccc3[nH]2)c1. The number of pyridine rings is 1. The standard InChI is InChI=1S/C14H13N3O2/c18-6-7-19-11-3-1-2-10(8-11)14-16-12-4-5-15-9-13(12)17-14/h1-5,8-9,18H,6-7H2,(H,16,17). The number of fused-ring (bicyclic) bond motifs is 1. The van der Waals surface area contributed by atoms with Crippen molar-refractivity contribution in [1.29, 1.82) is 0 Å². The molecule has 5 nitrogen and oxygen atoms in total. The predicted octanol–water partition coefficient (Wildman–Crippen LogP) is 2.00. The number of benzene rings is 1. The van der Waals surface area contributed by atoms with Crippen molar-refractivity contribution in [2.45, 2.75) is 0 Å². The first-order chi connectivity index (χ1) is 9.36. The van der Waals surface area contributed by atoms with Crippen molar-refractivity contribution in [2.24, 2.45) is 0 Å². The highest BCUT2D eigenvalue weighted by Crippen LogP contribution is 2.23. The molecule has 0 aliphatic rings. The Kier molecular flexibility index (Phi) is 3.12. The van der Waals surface area contributed by atoms with E-state index in [4.69, 9.17) is 9.84 Å². The van der Waals surface area contributed by atoms with E-state index in [0.717, 1.165) is 22.4 Å². The van der Waals surface area contributed by atoms with E-state index < -0.39 is 0 Å². The maximum atomic E-state index is 8.76. The second kappa shape index (κ2) is 5.07. The van der Waals surface area contributed by atoms with E-state index in [2.05, 4.69) is 15.0 Å². The van der Waals surface area contributed by atoms with Crippen LogP contribution in [0.25, 0.3) is 22.4 Å². The largest absolute Gasteiger partial charge is 0.491 e. The van der Waals surface area contributed by atoms with Gasteiger partial charge in [0.15, 0.2) is 0 Å². The summed E-state index contributed by atoms with van der Waals surface area (Å²) >= 11 is 0. The van der Waals surface area contributed by atoms with Crippen LogP contribution in [0.5, 0.6) is 5.75 Å². The summed E-state index contributed by atoms with van der Waals surface area (Å²) in [5.74, 6) is 1.49. The van der Waals surface area contributed by atoms with Gasteiger partial charge in [-0.2, -0.15) is 0 Å². The maximum Gasteiger partial charge on any atom is 0.138 e. The Balaban J connectivity index is 1.96. The van der Waals surface area contributed by atoms with E-state index in [1.807, 2.05) is 30.3 Å². The summed E-state index contributed by atoms with van der Waals surface area (Å²) in [7, 11) is 0. The van der Waals surface area contributed by atoms with Crippen LogP contribution < -0.4 is 4.74 Å². The lowest BCUT2D eigenvalue weighted by Crippen LogP contribution is -2.01. The van der Waals surface area contributed by atoms with Gasteiger partial charge < -0.3 is 14.8 Å². The molecule has 0 amide bonds. The van der Waals surface area contributed by atoms with Gasteiger partial charge in [-0.1, -0.05) is 12.1 Å². The number of hydrogen-bond donors (Lipinski definition) is 2. The number of aliphatic hydroxyl groups excluding tert-OH is 1. The Morgan fingerprint density at radius 2 is 2.21 bits per heavy atom. The molecule has 3 aromatic rings. The Morgan fingerprint density at radius 1 is 1.26 bits per heavy atom. The first-order valence-electron chi connectivity index (χ1n) is 6.00. The van der Waals surface area contributed by atoms with Gasteiger partial charge in [-0.05, 0) is 18.2 Å². The van der Waals surface area contributed by atoms with Crippen LogP contribution in [0, 0.1) is 0 Å². The van der Waals surface area contributed by atoms with Crippen molar-refractivity contribution in [3.63, 3.8) is 0 Å². The van der Waals surface area contributed by atoms with Gasteiger partial charge in [0.1, 0.15) is 23.7 Å². The van der Waals surface area contributed by atoms with Gasteiger partial charge >= 0.3 is 0 Å². The fraction of sp³-hybridized carbons (Fsp3) is 0.143. The molecule has 0 radical (unpaired) electrons. The molecule has 2 heterocycles. The monoisotopic (exact) mass is 255 g/mol. The third kappa shape index (κ3) is 2.41. The number of nitrogens with zero attached hydrogens (tertiary/aromatic N) is 2. The van der Waals surface area contributed by atoms with Crippen LogP contribution in [0.3, 0.4) is 0 Å². The molecule has 5 heteroatoms. The Labute approximate surface area is 109 Å². The van der Waals surface area contributed by atoms with E-state index >= 15 is 0 Å². The summed E-state index contributed by atoms with van der Waals surface area (Å²) in [6, 6.07) is 9.48. The highest BCUT2D eigenvalue weighted by atomic mass is 16.5. The van der Waals surface area contributed by atoms with Crippen LogP contribution in [-0.4, -0.2) is 33.3 Å². The molecule has 2 aromatic heterocycles. The molecular formula is C14H13N3O2. The van der Waals surface area contributed by atoms with Crippen LogP contribution in [-0.2, 0) is 0 Å². The summed E-state index contributed by atoms with van der Waals surface area (Å²) in [5, 5.41) is 8.76. The molecular weight excluding hydrogens is 242 g/mol. The number of aromatic nitrogens is 3. The van der Waals surface area contributed by atoms with Crippen LogP contribution in [0.1, 0.15) is 0 Å². The zero-order valence-corrected chi connectivity index (χ0v) is 10.2. The van der Waals surface area contributed by atoms with Crippen LogP contribution in [0.2, 0.25) is 0 Å². The Morgan fingerprint density at radius 3 is 3.05 bits per heavy atom. The highest BCUT2D eigenvalue weighted by molar-refractivity contribution is 5.78. The molecule has 0 fully saturated rings. The van der Waals surface area contributed by atoms with E-state index in [1.165, 1.54) is 0 Å². The minimum atomic E-state index is 0.000530. The van der Waals surface area contributed by atoms with Crippen molar-refractivity contribution in [3.8, 4) is 17.1 Å². The summed E-state index contributed by atoms with van der Waals surface area (Å²) < 4.78 is 5.39. The molecule has 0 aliphatic carbocycles. The first kappa shape index (κ1) is 11.7. The van der Waals surface area contributed by atoms with Crippen molar-refractivity contribution >= 4 is 11.0 Å². The van der Waals surface area contributed by atoms with E-state index in [-0.39, 0.29) is 13.2 Å². The third-order valence-corrected chi connectivity index (χ3v) is 2.75. The molecule has 0 saturated carbocycles. The van der Waals surface area contributed by atoms with E-state index in [9.17, 15) is 0 Å². The topological polar surface area (TPSA) is 71.0 Å². The minimum absolute atomic E-state index is 0.000530. The third-order valence-electron chi connectivity index (χ3n) is 2.75. The van der Waals surface area contributed by atoms with Crippen LogP contribution in [0.15, 0.2) is 42.7 Å². The van der Waals surface area contributed by atoms with Crippen molar-refractivity contribution < 1.29 is 9.84 Å². The average molecular weight is 255 g/mol. The molecule has 0 saturated heterocycles. The van der Waals surface area contributed by atoms with Crippen LogP contribution in [0.4, 0.5) is 0 Å². The molecule has 19 heavy (non-hydrogen) atoms. The fourth-order valence-electron chi connectivity index (χ4n) is 1.89. The zero-order chi connectivity index (χ0) is 13.1. The number of hydrogen-bond acceptors (Lipinski definition) is 4.